The van der Waals surface area contributed by atoms with Crippen LogP contribution in [0.5, 0.6) is 11.5 Å². The Bertz CT molecular complexity index is 423. The minimum atomic E-state index is -0.530. The van der Waals surface area contributed by atoms with Gasteiger partial charge in [0.05, 0.1) is 13.2 Å². The summed E-state index contributed by atoms with van der Waals surface area (Å²) in [5.74, 6) is 0.985. The van der Waals surface area contributed by atoms with Crippen molar-refractivity contribution in [2.24, 2.45) is 0 Å². The van der Waals surface area contributed by atoms with E-state index < -0.39 is 6.10 Å². The Balaban J connectivity index is 2.25. The number of carbonyl (C=O) groups excluding carboxylic acids is 1. The molecule has 1 aliphatic rings. The standard InChI is InChI=1S/C14H19NO4/c1-3-17-11-6-4-5-10(9-15-2)13(11)19-12-7-8-18-14(12)16/h4-6,12,15H,3,7-9H2,1-2H3. The molecule has 2 rings (SSSR count). The molecule has 1 unspecified atom stereocenters. The molecular weight excluding hydrogens is 246 g/mol. The first-order valence-electron chi connectivity index (χ1n) is 6.48. The van der Waals surface area contributed by atoms with Crippen molar-refractivity contribution in [3.8, 4) is 11.5 Å². The van der Waals surface area contributed by atoms with E-state index >= 15 is 0 Å². The second-order valence-corrected chi connectivity index (χ2v) is 4.27. The minimum Gasteiger partial charge on any atom is -0.490 e. The van der Waals surface area contributed by atoms with E-state index in [2.05, 4.69) is 5.32 Å². The topological polar surface area (TPSA) is 56.8 Å². The Kier molecular flexibility index (Phi) is 4.63. The molecule has 0 bridgehead atoms. The number of ether oxygens (including phenoxy) is 3. The summed E-state index contributed by atoms with van der Waals surface area (Å²) in [5.41, 5.74) is 0.966. The average molecular weight is 265 g/mol. The molecule has 5 nitrogen and oxygen atoms in total. The molecule has 1 aromatic carbocycles. The Morgan fingerprint density at radius 2 is 2.32 bits per heavy atom. The first-order valence-corrected chi connectivity index (χ1v) is 6.48. The molecule has 104 valence electrons. The molecule has 0 aliphatic carbocycles. The van der Waals surface area contributed by atoms with Crippen LogP contribution in [0.15, 0.2) is 18.2 Å². The lowest BCUT2D eigenvalue weighted by molar-refractivity contribution is -0.143. The van der Waals surface area contributed by atoms with Crippen molar-refractivity contribution in [3.05, 3.63) is 23.8 Å². The molecule has 0 saturated carbocycles. The highest BCUT2D eigenvalue weighted by atomic mass is 16.6. The van der Waals surface area contributed by atoms with Crippen molar-refractivity contribution >= 4 is 5.97 Å². The third-order valence-corrected chi connectivity index (χ3v) is 2.87. The summed E-state index contributed by atoms with van der Waals surface area (Å²) in [6.45, 7) is 3.53. The monoisotopic (exact) mass is 265 g/mol. The first-order chi connectivity index (χ1) is 9.26. The number of nitrogens with one attached hydrogen (secondary N) is 1. The van der Waals surface area contributed by atoms with E-state index in [0.717, 1.165) is 5.56 Å². The fraction of sp³-hybridized carbons (Fsp3) is 0.500. The number of benzene rings is 1. The van der Waals surface area contributed by atoms with Crippen molar-refractivity contribution in [2.75, 3.05) is 20.3 Å². The molecule has 0 radical (unpaired) electrons. The van der Waals surface area contributed by atoms with Gasteiger partial charge in [-0.3, -0.25) is 0 Å². The summed E-state index contributed by atoms with van der Waals surface area (Å²) in [7, 11) is 1.86. The maximum Gasteiger partial charge on any atom is 0.347 e. The Morgan fingerprint density at radius 3 is 2.95 bits per heavy atom. The van der Waals surface area contributed by atoms with E-state index in [1.54, 1.807) is 0 Å². The highest BCUT2D eigenvalue weighted by Crippen LogP contribution is 2.33. The van der Waals surface area contributed by atoms with Gasteiger partial charge >= 0.3 is 5.97 Å². The molecule has 19 heavy (non-hydrogen) atoms. The number of hydrogen-bond acceptors (Lipinski definition) is 5. The van der Waals surface area contributed by atoms with E-state index in [-0.39, 0.29) is 5.97 Å². The van der Waals surface area contributed by atoms with E-state index in [1.807, 2.05) is 32.2 Å². The SMILES string of the molecule is CCOc1cccc(CNC)c1OC1CCOC1=O. The molecule has 1 aliphatic heterocycles. The molecule has 1 N–H and O–H groups in total. The molecule has 1 saturated heterocycles. The van der Waals surface area contributed by atoms with Crippen LogP contribution in [-0.2, 0) is 16.1 Å². The molecule has 1 heterocycles. The second kappa shape index (κ2) is 6.43. The molecule has 1 fully saturated rings. The van der Waals surface area contributed by atoms with Gasteiger partial charge in [-0.25, -0.2) is 4.79 Å². The van der Waals surface area contributed by atoms with E-state index in [9.17, 15) is 4.79 Å². The third-order valence-electron chi connectivity index (χ3n) is 2.87. The summed E-state index contributed by atoms with van der Waals surface area (Å²) >= 11 is 0. The van der Waals surface area contributed by atoms with Crippen LogP contribution in [0.4, 0.5) is 0 Å². The zero-order chi connectivity index (χ0) is 13.7. The summed E-state index contributed by atoms with van der Waals surface area (Å²) in [6.07, 6.45) is 0.0513. The summed E-state index contributed by atoms with van der Waals surface area (Å²) in [6, 6.07) is 5.71. The Morgan fingerprint density at radius 1 is 1.47 bits per heavy atom. The van der Waals surface area contributed by atoms with E-state index in [4.69, 9.17) is 14.2 Å². The zero-order valence-corrected chi connectivity index (χ0v) is 11.3. The fourth-order valence-electron chi connectivity index (χ4n) is 2.02. The quantitative estimate of drug-likeness (QED) is 0.790. The van der Waals surface area contributed by atoms with Crippen LogP contribution < -0.4 is 14.8 Å². The highest BCUT2D eigenvalue weighted by Gasteiger charge is 2.30. The van der Waals surface area contributed by atoms with Gasteiger partial charge in [0.15, 0.2) is 17.6 Å². The fourth-order valence-corrected chi connectivity index (χ4v) is 2.02. The normalized spacial score (nSPS) is 18.2. The smallest absolute Gasteiger partial charge is 0.347 e. The van der Waals surface area contributed by atoms with Gasteiger partial charge in [-0.15, -0.1) is 0 Å². The van der Waals surface area contributed by atoms with E-state index in [1.165, 1.54) is 0 Å². The van der Waals surface area contributed by atoms with Crippen molar-refractivity contribution in [2.45, 2.75) is 26.0 Å². The van der Waals surface area contributed by atoms with Crippen LogP contribution in [-0.4, -0.2) is 32.3 Å². The maximum absolute atomic E-state index is 11.5. The molecule has 0 spiro atoms. The Hall–Kier alpha value is -1.75. The average Bonchev–Trinajstić information content (AvgIpc) is 2.79. The molecule has 0 amide bonds. The lowest BCUT2D eigenvalue weighted by Gasteiger charge is -2.17. The summed E-state index contributed by atoms with van der Waals surface area (Å²) < 4.78 is 16.3. The number of para-hydroxylation sites is 1. The van der Waals surface area contributed by atoms with Crippen LogP contribution in [0.2, 0.25) is 0 Å². The van der Waals surface area contributed by atoms with Crippen molar-refractivity contribution < 1.29 is 19.0 Å². The van der Waals surface area contributed by atoms with Gasteiger partial charge in [-0.1, -0.05) is 12.1 Å². The van der Waals surface area contributed by atoms with Gasteiger partial charge in [-0.2, -0.15) is 0 Å². The minimum absolute atomic E-state index is 0.304. The van der Waals surface area contributed by atoms with Crippen LogP contribution in [0, 0.1) is 0 Å². The number of carbonyl (C=O) groups is 1. The van der Waals surface area contributed by atoms with Gasteiger partial charge in [-0.05, 0) is 20.0 Å². The lowest BCUT2D eigenvalue weighted by Crippen LogP contribution is -2.23. The maximum atomic E-state index is 11.5. The molecule has 1 atom stereocenters. The predicted octanol–water partition coefficient (Wildman–Crippen LogP) is 1.50. The van der Waals surface area contributed by atoms with Gasteiger partial charge in [0, 0.05) is 18.5 Å². The molecule has 0 aromatic heterocycles. The van der Waals surface area contributed by atoms with Gasteiger partial charge in [0.2, 0.25) is 0 Å². The summed E-state index contributed by atoms with van der Waals surface area (Å²) in [4.78, 5) is 11.5. The number of esters is 1. The first kappa shape index (κ1) is 13.7. The molecule has 5 heteroatoms. The largest absolute Gasteiger partial charge is 0.490 e. The van der Waals surface area contributed by atoms with Crippen molar-refractivity contribution in [1.29, 1.82) is 0 Å². The van der Waals surface area contributed by atoms with Crippen molar-refractivity contribution in [1.82, 2.24) is 5.32 Å². The van der Waals surface area contributed by atoms with Gasteiger partial charge in [0.25, 0.3) is 0 Å². The highest BCUT2D eigenvalue weighted by molar-refractivity contribution is 5.77. The predicted molar refractivity (Wildman–Crippen MR) is 70.4 cm³/mol. The van der Waals surface area contributed by atoms with E-state index in [0.29, 0.717) is 37.7 Å². The van der Waals surface area contributed by atoms with Crippen LogP contribution in [0.25, 0.3) is 0 Å². The van der Waals surface area contributed by atoms with Crippen molar-refractivity contribution in [3.63, 3.8) is 0 Å². The van der Waals surface area contributed by atoms with Crippen LogP contribution in [0.1, 0.15) is 18.9 Å². The second-order valence-electron chi connectivity index (χ2n) is 4.27. The van der Waals surface area contributed by atoms with Crippen LogP contribution >= 0.6 is 0 Å². The number of hydrogen-bond donors (Lipinski definition) is 1. The van der Waals surface area contributed by atoms with Gasteiger partial charge < -0.3 is 19.5 Å². The summed E-state index contributed by atoms with van der Waals surface area (Å²) in [5, 5.41) is 3.08. The zero-order valence-electron chi connectivity index (χ0n) is 11.3. The number of cyclic esters (lactones) is 1. The molecular formula is C14H19NO4. The van der Waals surface area contributed by atoms with Crippen LogP contribution in [0.3, 0.4) is 0 Å². The third kappa shape index (κ3) is 3.17. The molecule has 1 aromatic rings. The lowest BCUT2D eigenvalue weighted by atomic mass is 10.1. The van der Waals surface area contributed by atoms with Gasteiger partial charge in [0.1, 0.15) is 0 Å². The Labute approximate surface area is 112 Å². The number of rotatable bonds is 6.